The van der Waals surface area contributed by atoms with Gasteiger partial charge in [0.1, 0.15) is 6.17 Å². The number of hydrogen-bond acceptors (Lipinski definition) is 2. The molecule has 2 rings (SSSR count). The molecule has 0 amide bonds. The summed E-state index contributed by atoms with van der Waals surface area (Å²) in [6.45, 7) is 0.434. The van der Waals surface area contributed by atoms with Crippen molar-refractivity contribution in [3.8, 4) is 0 Å². The van der Waals surface area contributed by atoms with Crippen molar-refractivity contribution in [1.82, 2.24) is 9.78 Å². The summed E-state index contributed by atoms with van der Waals surface area (Å²) in [6, 6.07) is 1.78. The molecule has 1 fully saturated rings. The number of halogens is 1. The highest BCUT2D eigenvalue weighted by atomic mass is 19.1. The van der Waals surface area contributed by atoms with E-state index in [4.69, 9.17) is 5.73 Å². The third kappa shape index (κ3) is 1.66. The molecule has 0 aromatic carbocycles. The SMILES string of the molecule is NCc1ccnn1C1CCCCC1F. The topological polar surface area (TPSA) is 43.8 Å². The maximum absolute atomic E-state index is 13.6. The summed E-state index contributed by atoms with van der Waals surface area (Å²) in [5, 5.41) is 4.16. The molecule has 1 aliphatic rings. The Kier molecular flexibility index (Phi) is 2.82. The van der Waals surface area contributed by atoms with E-state index in [9.17, 15) is 4.39 Å². The highest BCUT2D eigenvalue weighted by Crippen LogP contribution is 2.31. The fraction of sp³-hybridized carbons (Fsp3) is 0.700. The van der Waals surface area contributed by atoms with Gasteiger partial charge in [0.15, 0.2) is 0 Å². The summed E-state index contributed by atoms with van der Waals surface area (Å²) in [5.41, 5.74) is 6.49. The van der Waals surface area contributed by atoms with Crippen LogP contribution < -0.4 is 5.73 Å². The van der Waals surface area contributed by atoms with Crippen molar-refractivity contribution in [2.24, 2.45) is 5.73 Å². The Balaban J connectivity index is 2.20. The standard InChI is InChI=1S/C10H16FN3/c11-9-3-1-2-4-10(9)14-8(7-12)5-6-13-14/h5-6,9-10H,1-4,7,12H2. The lowest BCUT2D eigenvalue weighted by Crippen LogP contribution is -2.27. The Morgan fingerprint density at radius 2 is 2.29 bits per heavy atom. The second-order valence-corrected chi connectivity index (χ2v) is 3.84. The molecule has 0 bridgehead atoms. The lowest BCUT2D eigenvalue weighted by molar-refractivity contribution is 0.157. The van der Waals surface area contributed by atoms with E-state index in [1.165, 1.54) is 0 Å². The van der Waals surface area contributed by atoms with E-state index in [0.717, 1.165) is 25.0 Å². The predicted molar refractivity (Wildman–Crippen MR) is 52.5 cm³/mol. The van der Waals surface area contributed by atoms with Crippen molar-refractivity contribution in [2.45, 2.75) is 44.4 Å². The molecule has 1 heterocycles. The number of aromatic nitrogens is 2. The number of nitrogens with two attached hydrogens (primary N) is 1. The van der Waals surface area contributed by atoms with Crippen LogP contribution in [0, 0.1) is 0 Å². The number of hydrogen-bond donors (Lipinski definition) is 1. The smallest absolute Gasteiger partial charge is 0.122 e. The molecule has 14 heavy (non-hydrogen) atoms. The molecular weight excluding hydrogens is 181 g/mol. The minimum atomic E-state index is -0.756. The van der Waals surface area contributed by atoms with Gasteiger partial charge in [-0.25, -0.2) is 4.39 Å². The summed E-state index contributed by atoms with van der Waals surface area (Å²) >= 11 is 0. The van der Waals surface area contributed by atoms with Crippen LogP contribution in [0.4, 0.5) is 4.39 Å². The van der Waals surface area contributed by atoms with Crippen molar-refractivity contribution in [3.05, 3.63) is 18.0 Å². The van der Waals surface area contributed by atoms with E-state index < -0.39 is 6.17 Å². The molecule has 78 valence electrons. The molecular formula is C10H16FN3. The highest BCUT2D eigenvalue weighted by molar-refractivity contribution is 5.02. The van der Waals surface area contributed by atoms with Gasteiger partial charge >= 0.3 is 0 Å². The Hall–Kier alpha value is -0.900. The normalized spacial score (nSPS) is 27.9. The molecule has 2 unspecified atom stereocenters. The molecule has 1 aromatic heterocycles. The summed E-state index contributed by atoms with van der Waals surface area (Å²) in [7, 11) is 0. The molecule has 0 saturated heterocycles. The zero-order valence-electron chi connectivity index (χ0n) is 8.19. The Morgan fingerprint density at radius 3 is 3.00 bits per heavy atom. The van der Waals surface area contributed by atoms with Crippen molar-refractivity contribution in [3.63, 3.8) is 0 Å². The van der Waals surface area contributed by atoms with E-state index in [-0.39, 0.29) is 6.04 Å². The zero-order valence-corrected chi connectivity index (χ0v) is 8.19. The van der Waals surface area contributed by atoms with Crippen LogP contribution in [0.5, 0.6) is 0 Å². The van der Waals surface area contributed by atoms with Crippen LogP contribution in [0.3, 0.4) is 0 Å². The maximum atomic E-state index is 13.6. The Bertz CT molecular complexity index is 297. The third-order valence-electron chi connectivity index (χ3n) is 2.92. The van der Waals surface area contributed by atoms with E-state index >= 15 is 0 Å². The molecule has 1 aliphatic carbocycles. The van der Waals surface area contributed by atoms with E-state index in [0.29, 0.717) is 13.0 Å². The lowest BCUT2D eigenvalue weighted by atomic mass is 9.93. The van der Waals surface area contributed by atoms with Crippen LogP contribution in [0.15, 0.2) is 12.3 Å². The van der Waals surface area contributed by atoms with Gasteiger partial charge in [-0.2, -0.15) is 5.10 Å². The second kappa shape index (κ2) is 4.09. The summed E-state index contributed by atoms with van der Waals surface area (Å²) < 4.78 is 15.4. The molecule has 1 aromatic rings. The first-order chi connectivity index (χ1) is 6.83. The minimum Gasteiger partial charge on any atom is -0.325 e. The van der Waals surface area contributed by atoms with Gasteiger partial charge in [-0.1, -0.05) is 12.8 Å². The van der Waals surface area contributed by atoms with Crippen molar-refractivity contribution in [2.75, 3.05) is 0 Å². The average molecular weight is 197 g/mol. The van der Waals surface area contributed by atoms with E-state index in [1.807, 2.05) is 6.07 Å². The summed E-state index contributed by atoms with van der Waals surface area (Å²) in [6.07, 6.45) is 4.58. The van der Waals surface area contributed by atoms with Crippen LogP contribution in [0.25, 0.3) is 0 Å². The molecule has 2 N–H and O–H groups in total. The van der Waals surface area contributed by atoms with Crippen LogP contribution in [0.2, 0.25) is 0 Å². The number of alkyl halides is 1. The van der Waals surface area contributed by atoms with Crippen LogP contribution in [0.1, 0.15) is 37.4 Å². The van der Waals surface area contributed by atoms with Crippen LogP contribution in [-0.2, 0) is 6.54 Å². The van der Waals surface area contributed by atoms with Crippen LogP contribution >= 0.6 is 0 Å². The molecule has 1 saturated carbocycles. The van der Waals surface area contributed by atoms with Gasteiger partial charge in [0.25, 0.3) is 0 Å². The van der Waals surface area contributed by atoms with Gasteiger partial charge in [0.2, 0.25) is 0 Å². The van der Waals surface area contributed by atoms with Crippen LogP contribution in [-0.4, -0.2) is 16.0 Å². The van der Waals surface area contributed by atoms with Gasteiger partial charge in [0.05, 0.1) is 11.7 Å². The van der Waals surface area contributed by atoms with Gasteiger partial charge in [-0.05, 0) is 18.9 Å². The Labute approximate surface area is 83.1 Å². The fourth-order valence-corrected chi connectivity index (χ4v) is 2.14. The predicted octanol–water partition coefficient (Wildman–Crippen LogP) is 1.79. The highest BCUT2D eigenvalue weighted by Gasteiger charge is 2.27. The largest absolute Gasteiger partial charge is 0.325 e. The molecule has 0 radical (unpaired) electrons. The Morgan fingerprint density at radius 1 is 1.50 bits per heavy atom. The number of rotatable bonds is 2. The molecule has 0 aliphatic heterocycles. The molecule has 0 spiro atoms. The van der Waals surface area contributed by atoms with E-state index in [2.05, 4.69) is 5.10 Å². The first-order valence-corrected chi connectivity index (χ1v) is 5.19. The zero-order chi connectivity index (χ0) is 9.97. The van der Waals surface area contributed by atoms with Gasteiger partial charge in [-0.15, -0.1) is 0 Å². The molecule has 3 nitrogen and oxygen atoms in total. The third-order valence-corrected chi connectivity index (χ3v) is 2.92. The van der Waals surface area contributed by atoms with Crippen molar-refractivity contribution in [1.29, 1.82) is 0 Å². The maximum Gasteiger partial charge on any atom is 0.122 e. The van der Waals surface area contributed by atoms with E-state index in [1.54, 1.807) is 10.9 Å². The quantitative estimate of drug-likeness (QED) is 0.785. The van der Waals surface area contributed by atoms with Gasteiger partial charge in [-0.3, -0.25) is 4.68 Å². The second-order valence-electron chi connectivity index (χ2n) is 3.84. The summed E-state index contributed by atoms with van der Waals surface area (Å²) in [4.78, 5) is 0. The summed E-state index contributed by atoms with van der Waals surface area (Å²) in [5.74, 6) is 0. The number of nitrogens with zero attached hydrogens (tertiary/aromatic N) is 2. The minimum absolute atomic E-state index is 0.0858. The molecule has 2 atom stereocenters. The monoisotopic (exact) mass is 197 g/mol. The fourth-order valence-electron chi connectivity index (χ4n) is 2.14. The lowest BCUT2D eigenvalue weighted by Gasteiger charge is -2.27. The average Bonchev–Trinajstić information content (AvgIpc) is 2.66. The van der Waals surface area contributed by atoms with Gasteiger partial charge < -0.3 is 5.73 Å². The van der Waals surface area contributed by atoms with Crippen molar-refractivity contribution < 1.29 is 4.39 Å². The van der Waals surface area contributed by atoms with Crippen molar-refractivity contribution >= 4 is 0 Å². The first-order valence-electron chi connectivity index (χ1n) is 5.19. The molecule has 4 heteroatoms. The van der Waals surface area contributed by atoms with Gasteiger partial charge in [0, 0.05) is 12.7 Å². The first kappa shape index (κ1) is 9.65.